The number of hydrogen-bond acceptors (Lipinski definition) is 3. The fourth-order valence-corrected chi connectivity index (χ4v) is 3.83. The molecule has 0 spiro atoms. The summed E-state index contributed by atoms with van der Waals surface area (Å²) in [5.41, 5.74) is 3.13. The van der Waals surface area contributed by atoms with Crippen molar-refractivity contribution in [2.75, 3.05) is 7.05 Å². The highest BCUT2D eigenvalue weighted by molar-refractivity contribution is 5.81. The molecule has 1 heterocycles. The molecular formula is C21H21N3O2. The molecule has 0 radical (unpaired) electrons. The highest BCUT2D eigenvalue weighted by atomic mass is 16.2. The molecule has 132 valence electrons. The second-order valence-electron chi connectivity index (χ2n) is 6.80. The minimum absolute atomic E-state index is 0.00648. The molecule has 0 bridgehead atoms. The van der Waals surface area contributed by atoms with Gasteiger partial charge in [-0.3, -0.25) is 14.3 Å². The van der Waals surface area contributed by atoms with E-state index >= 15 is 0 Å². The number of benzene rings is 2. The molecule has 26 heavy (non-hydrogen) atoms. The van der Waals surface area contributed by atoms with Crippen molar-refractivity contribution in [1.82, 2.24) is 14.7 Å². The largest absolute Gasteiger partial charge is 0.337 e. The third-order valence-electron chi connectivity index (χ3n) is 5.25. The Bertz CT molecular complexity index is 1020. The molecule has 0 unspecified atom stereocenters. The number of para-hydroxylation sites is 1. The minimum atomic E-state index is -0.126. The van der Waals surface area contributed by atoms with Crippen molar-refractivity contribution < 1.29 is 4.79 Å². The molecule has 5 nitrogen and oxygen atoms in total. The monoisotopic (exact) mass is 347 g/mol. The first-order valence-corrected chi connectivity index (χ1v) is 8.93. The van der Waals surface area contributed by atoms with Crippen LogP contribution >= 0.6 is 0 Å². The number of aryl methyl sites for hydroxylation is 1. The van der Waals surface area contributed by atoms with Crippen LogP contribution in [0, 0.1) is 0 Å². The molecule has 0 saturated carbocycles. The molecule has 0 fully saturated rings. The maximum absolute atomic E-state index is 12.9. The van der Waals surface area contributed by atoms with Crippen molar-refractivity contribution in [2.24, 2.45) is 0 Å². The predicted octanol–water partition coefficient (Wildman–Crippen LogP) is 2.93. The summed E-state index contributed by atoms with van der Waals surface area (Å²) in [6.45, 7) is 0.121. The van der Waals surface area contributed by atoms with Crippen molar-refractivity contribution in [3.05, 3.63) is 76.1 Å². The van der Waals surface area contributed by atoms with E-state index in [1.54, 1.807) is 10.7 Å². The minimum Gasteiger partial charge on any atom is -0.337 e. The van der Waals surface area contributed by atoms with Crippen LogP contribution < -0.4 is 5.43 Å². The molecular weight excluding hydrogens is 326 g/mol. The summed E-state index contributed by atoms with van der Waals surface area (Å²) in [7, 11) is 1.86. The molecule has 3 aromatic rings. The Morgan fingerprint density at radius 1 is 1.19 bits per heavy atom. The fourth-order valence-electron chi connectivity index (χ4n) is 3.83. The van der Waals surface area contributed by atoms with Gasteiger partial charge in [0.2, 0.25) is 11.3 Å². The van der Waals surface area contributed by atoms with Crippen molar-refractivity contribution in [1.29, 1.82) is 0 Å². The van der Waals surface area contributed by atoms with E-state index in [4.69, 9.17) is 0 Å². The summed E-state index contributed by atoms with van der Waals surface area (Å²) in [5.74, 6) is -0.00648. The molecule has 5 heteroatoms. The molecule has 1 atom stereocenters. The lowest BCUT2D eigenvalue weighted by molar-refractivity contribution is -0.133. The maximum Gasteiger partial charge on any atom is 0.244 e. The third-order valence-corrected chi connectivity index (χ3v) is 5.25. The summed E-state index contributed by atoms with van der Waals surface area (Å²) >= 11 is 0. The zero-order chi connectivity index (χ0) is 18.1. The lowest BCUT2D eigenvalue weighted by Crippen LogP contribution is -2.36. The Balaban J connectivity index is 1.62. The van der Waals surface area contributed by atoms with Gasteiger partial charge in [0.05, 0.1) is 17.8 Å². The normalized spacial score (nSPS) is 16.3. The van der Waals surface area contributed by atoms with E-state index in [0.717, 1.165) is 19.3 Å². The van der Waals surface area contributed by atoms with Crippen molar-refractivity contribution in [3.63, 3.8) is 0 Å². The van der Waals surface area contributed by atoms with Crippen LogP contribution in [0.25, 0.3) is 10.9 Å². The van der Waals surface area contributed by atoms with Crippen molar-refractivity contribution in [2.45, 2.75) is 31.8 Å². The second kappa shape index (κ2) is 6.75. The van der Waals surface area contributed by atoms with E-state index < -0.39 is 0 Å². The van der Waals surface area contributed by atoms with E-state index in [1.165, 1.54) is 17.3 Å². The average Bonchev–Trinajstić information content (AvgIpc) is 2.69. The lowest BCUT2D eigenvalue weighted by atomic mass is 9.87. The van der Waals surface area contributed by atoms with Gasteiger partial charge in [0.25, 0.3) is 0 Å². The number of amides is 1. The van der Waals surface area contributed by atoms with Gasteiger partial charge in [-0.05, 0) is 42.5 Å². The van der Waals surface area contributed by atoms with E-state index in [0.29, 0.717) is 10.9 Å². The zero-order valence-electron chi connectivity index (χ0n) is 14.8. The van der Waals surface area contributed by atoms with Gasteiger partial charge >= 0.3 is 0 Å². The van der Waals surface area contributed by atoms with Crippen LogP contribution in [0.15, 0.2) is 59.5 Å². The first-order chi connectivity index (χ1) is 12.6. The number of nitrogens with zero attached hydrogens (tertiary/aromatic N) is 3. The molecule has 1 amide bonds. The van der Waals surface area contributed by atoms with Gasteiger partial charge in [-0.25, -0.2) is 0 Å². The molecule has 1 aliphatic carbocycles. The van der Waals surface area contributed by atoms with Crippen LogP contribution in [-0.4, -0.2) is 27.6 Å². The first kappa shape index (κ1) is 16.5. The smallest absolute Gasteiger partial charge is 0.244 e. The summed E-state index contributed by atoms with van der Waals surface area (Å²) in [6.07, 6.45) is 4.40. The molecule has 0 aliphatic heterocycles. The number of likely N-dealkylation sites (N-methyl/N-ethyl adjacent to an activating group) is 1. The fraction of sp³-hybridized carbons (Fsp3) is 0.286. The highest BCUT2D eigenvalue weighted by Crippen LogP contribution is 2.33. The second-order valence-corrected chi connectivity index (χ2v) is 6.80. The molecule has 1 aromatic heterocycles. The van der Waals surface area contributed by atoms with Crippen LogP contribution in [0.3, 0.4) is 0 Å². The number of carbonyl (C=O) groups excluding carboxylic acids is 1. The van der Waals surface area contributed by atoms with Crippen molar-refractivity contribution in [3.8, 4) is 0 Å². The van der Waals surface area contributed by atoms with Crippen LogP contribution in [0.5, 0.6) is 0 Å². The Hall–Kier alpha value is -2.95. The van der Waals surface area contributed by atoms with Gasteiger partial charge in [-0.2, -0.15) is 5.10 Å². The third kappa shape index (κ3) is 2.90. The molecule has 0 N–H and O–H groups in total. The Morgan fingerprint density at radius 3 is 2.85 bits per heavy atom. The van der Waals surface area contributed by atoms with Crippen LogP contribution in [0.4, 0.5) is 0 Å². The summed E-state index contributed by atoms with van der Waals surface area (Å²) in [4.78, 5) is 26.7. The summed E-state index contributed by atoms with van der Waals surface area (Å²) < 4.78 is 1.62. The summed E-state index contributed by atoms with van der Waals surface area (Å²) in [5, 5.41) is 4.76. The van der Waals surface area contributed by atoms with E-state index in [-0.39, 0.29) is 23.9 Å². The van der Waals surface area contributed by atoms with Gasteiger partial charge in [-0.1, -0.05) is 36.4 Å². The first-order valence-electron chi connectivity index (χ1n) is 8.93. The quantitative estimate of drug-likeness (QED) is 0.732. The average molecular weight is 347 g/mol. The summed E-state index contributed by atoms with van der Waals surface area (Å²) in [6, 6.07) is 15.7. The van der Waals surface area contributed by atoms with Crippen LogP contribution in [0.2, 0.25) is 0 Å². The standard InChI is InChI=1S/C21H21N3O2/c1-23(18-12-6-8-15-7-2-3-9-16(15)18)21(26)14-24-19-11-5-4-10-17(19)20(25)13-22-24/h2-5,7,9-11,13,18H,6,8,12,14H2,1H3/t18-/m1/s1. The number of aromatic nitrogens is 2. The maximum atomic E-state index is 12.9. The number of fused-ring (bicyclic) bond motifs is 2. The van der Waals surface area contributed by atoms with Crippen molar-refractivity contribution >= 4 is 16.8 Å². The predicted molar refractivity (Wildman–Crippen MR) is 101 cm³/mol. The van der Waals surface area contributed by atoms with Gasteiger partial charge in [0.15, 0.2) is 0 Å². The Labute approximate surface area is 151 Å². The van der Waals surface area contributed by atoms with Crippen LogP contribution in [-0.2, 0) is 17.8 Å². The Morgan fingerprint density at radius 2 is 1.96 bits per heavy atom. The van der Waals surface area contributed by atoms with E-state index in [1.807, 2.05) is 36.2 Å². The molecule has 0 saturated heterocycles. The van der Waals surface area contributed by atoms with Gasteiger partial charge < -0.3 is 4.90 Å². The highest BCUT2D eigenvalue weighted by Gasteiger charge is 2.26. The Kier molecular flexibility index (Phi) is 4.29. The lowest BCUT2D eigenvalue weighted by Gasteiger charge is -2.33. The van der Waals surface area contributed by atoms with Gasteiger partial charge in [-0.15, -0.1) is 0 Å². The SMILES string of the molecule is CN(C(=O)Cn1ncc(=O)c2ccccc21)[C@@H]1CCCc2ccccc21. The number of rotatable bonds is 3. The number of hydrogen-bond donors (Lipinski definition) is 0. The topological polar surface area (TPSA) is 55.2 Å². The number of carbonyl (C=O) groups is 1. The zero-order valence-corrected chi connectivity index (χ0v) is 14.8. The van der Waals surface area contributed by atoms with Gasteiger partial charge in [0, 0.05) is 12.4 Å². The van der Waals surface area contributed by atoms with Crippen LogP contribution in [0.1, 0.15) is 30.0 Å². The molecule has 2 aromatic carbocycles. The van der Waals surface area contributed by atoms with E-state index in [2.05, 4.69) is 23.3 Å². The molecule has 4 rings (SSSR count). The van der Waals surface area contributed by atoms with E-state index in [9.17, 15) is 9.59 Å². The molecule has 1 aliphatic rings. The van der Waals surface area contributed by atoms with Gasteiger partial charge in [0.1, 0.15) is 6.54 Å².